The van der Waals surface area contributed by atoms with Gasteiger partial charge in [0.2, 0.25) is 5.67 Å². The van der Waals surface area contributed by atoms with E-state index in [9.17, 15) is 18.8 Å². The lowest BCUT2D eigenvalue weighted by Crippen LogP contribution is -2.60. The molecular formula is C28H25F3N4O2. The number of morpholine rings is 1. The van der Waals surface area contributed by atoms with E-state index in [1.54, 1.807) is 6.07 Å². The largest absolute Gasteiger partial charge is 0.377 e. The van der Waals surface area contributed by atoms with Crippen LogP contribution in [0.5, 0.6) is 0 Å². The van der Waals surface area contributed by atoms with E-state index >= 15 is 4.39 Å². The molecule has 1 saturated heterocycles. The van der Waals surface area contributed by atoms with Crippen molar-refractivity contribution in [1.29, 1.82) is 5.26 Å². The molecule has 0 aliphatic carbocycles. The number of rotatable bonds is 4. The molecule has 37 heavy (non-hydrogen) atoms. The van der Waals surface area contributed by atoms with Gasteiger partial charge in [0, 0.05) is 43.0 Å². The predicted octanol–water partition coefficient (Wildman–Crippen LogP) is 5.41. The number of hydrogen-bond acceptors (Lipinski definition) is 5. The molecule has 6 nitrogen and oxygen atoms in total. The maximum absolute atomic E-state index is 15.4. The van der Waals surface area contributed by atoms with E-state index in [0.29, 0.717) is 18.8 Å². The van der Waals surface area contributed by atoms with Gasteiger partial charge in [0.05, 0.1) is 13.2 Å². The van der Waals surface area contributed by atoms with E-state index < -0.39 is 29.2 Å². The quantitative estimate of drug-likeness (QED) is 0.512. The van der Waals surface area contributed by atoms with Gasteiger partial charge in [0.1, 0.15) is 17.8 Å². The Hall–Kier alpha value is -3.90. The monoisotopic (exact) mass is 506 g/mol. The Morgan fingerprint density at radius 2 is 2.05 bits per heavy atom. The number of nitrogens with zero attached hydrogens (tertiary/aromatic N) is 3. The number of halogens is 3. The van der Waals surface area contributed by atoms with Crippen molar-refractivity contribution in [3.8, 4) is 17.2 Å². The number of pyridine rings is 1. The van der Waals surface area contributed by atoms with E-state index in [1.807, 2.05) is 48.2 Å². The standard InChI is InChI=1S/C28H25F3N4O2/c1-17-3-6-21(34-26(36)19-7-8-33-24(12-19)27(2,29)30)13-22(17)18-4-5-20-14-28(31,16-32)25-15-37-10-9-35(25)23(20)11-18/h3-8,11-13,25H,9-10,14-15H2,1-2H3,(H,34,36)/t25-,28-/m0/s1. The highest BCUT2D eigenvalue weighted by Crippen LogP contribution is 2.42. The van der Waals surface area contributed by atoms with Crippen LogP contribution in [0.4, 0.5) is 24.5 Å². The normalized spacial score (nSPS) is 21.0. The summed E-state index contributed by atoms with van der Waals surface area (Å²) in [6, 6.07) is 14.8. The molecule has 2 atom stereocenters. The lowest BCUT2D eigenvalue weighted by molar-refractivity contribution is 0.0127. The van der Waals surface area contributed by atoms with E-state index in [4.69, 9.17) is 4.74 Å². The fourth-order valence-corrected chi connectivity index (χ4v) is 4.95. The molecule has 5 rings (SSSR count). The van der Waals surface area contributed by atoms with Crippen LogP contribution in [0.3, 0.4) is 0 Å². The van der Waals surface area contributed by atoms with Crippen molar-refractivity contribution < 1.29 is 22.7 Å². The zero-order valence-electron chi connectivity index (χ0n) is 20.4. The molecule has 1 N–H and O–H groups in total. The van der Waals surface area contributed by atoms with Gasteiger partial charge in [0.15, 0.2) is 0 Å². The number of anilines is 2. The van der Waals surface area contributed by atoms with Gasteiger partial charge in [-0.3, -0.25) is 9.78 Å². The first-order chi connectivity index (χ1) is 17.6. The third-order valence-corrected chi connectivity index (χ3v) is 6.96. The summed E-state index contributed by atoms with van der Waals surface area (Å²) in [6.45, 7) is 3.75. The maximum atomic E-state index is 15.4. The lowest BCUT2D eigenvalue weighted by Gasteiger charge is -2.46. The molecule has 0 saturated carbocycles. The number of ether oxygens (including phenoxy) is 1. The number of carbonyl (C=O) groups excluding carboxylic acids is 1. The van der Waals surface area contributed by atoms with E-state index in [1.165, 1.54) is 12.3 Å². The molecule has 1 amide bonds. The minimum Gasteiger partial charge on any atom is -0.377 e. The second-order valence-corrected chi connectivity index (χ2v) is 9.58. The minimum atomic E-state index is -3.16. The van der Waals surface area contributed by atoms with Crippen LogP contribution in [0.1, 0.15) is 34.1 Å². The first-order valence-electron chi connectivity index (χ1n) is 11.9. The summed E-state index contributed by atoms with van der Waals surface area (Å²) in [7, 11) is 0. The molecule has 0 bridgehead atoms. The number of nitriles is 1. The van der Waals surface area contributed by atoms with Crippen molar-refractivity contribution in [3.05, 3.63) is 77.1 Å². The summed E-state index contributed by atoms with van der Waals surface area (Å²) in [5, 5.41) is 12.3. The number of carbonyl (C=O) groups is 1. The molecule has 2 aromatic carbocycles. The van der Waals surface area contributed by atoms with Crippen molar-refractivity contribution in [2.45, 2.75) is 37.9 Å². The van der Waals surface area contributed by atoms with Crippen LogP contribution < -0.4 is 10.2 Å². The van der Waals surface area contributed by atoms with Crippen molar-refractivity contribution in [2.24, 2.45) is 0 Å². The highest BCUT2D eigenvalue weighted by Gasteiger charge is 2.49. The molecule has 1 aromatic heterocycles. The first-order valence-corrected chi connectivity index (χ1v) is 11.9. The topological polar surface area (TPSA) is 78.2 Å². The molecule has 190 valence electrons. The molecule has 2 aliphatic rings. The third-order valence-electron chi connectivity index (χ3n) is 6.96. The first kappa shape index (κ1) is 24.8. The Kier molecular flexibility index (Phi) is 6.16. The fourth-order valence-electron chi connectivity index (χ4n) is 4.95. The summed E-state index contributed by atoms with van der Waals surface area (Å²) in [5.41, 5.74) is 2.39. The zero-order valence-corrected chi connectivity index (χ0v) is 20.4. The van der Waals surface area contributed by atoms with E-state index in [2.05, 4.69) is 10.3 Å². The van der Waals surface area contributed by atoms with E-state index in [-0.39, 0.29) is 18.6 Å². The molecule has 0 spiro atoms. The SMILES string of the molecule is Cc1ccc(NC(=O)c2ccnc(C(C)(F)F)c2)cc1-c1ccc2c(c1)N1CCOC[C@H]1[C@@](F)(C#N)C2. The van der Waals surface area contributed by atoms with Crippen molar-refractivity contribution in [3.63, 3.8) is 0 Å². The average molecular weight is 507 g/mol. The van der Waals surface area contributed by atoms with Crippen LogP contribution in [0.25, 0.3) is 11.1 Å². The molecule has 1 fully saturated rings. The second-order valence-electron chi connectivity index (χ2n) is 9.58. The van der Waals surface area contributed by atoms with Crippen LogP contribution in [0.15, 0.2) is 54.7 Å². The van der Waals surface area contributed by atoms with Gasteiger partial charge >= 0.3 is 0 Å². The van der Waals surface area contributed by atoms with Gasteiger partial charge < -0.3 is 15.0 Å². The highest BCUT2D eigenvalue weighted by molar-refractivity contribution is 6.04. The molecule has 3 aromatic rings. The van der Waals surface area contributed by atoms with Crippen molar-refractivity contribution in [1.82, 2.24) is 4.98 Å². The third kappa shape index (κ3) is 4.65. The highest BCUT2D eigenvalue weighted by atomic mass is 19.3. The number of fused-ring (bicyclic) bond motifs is 3. The molecule has 0 unspecified atom stereocenters. The zero-order chi connectivity index (χ0) is 26.4. The summed E-state index contributed by atoms with van der Waals surface area (Å²) in [6.07, 6.45) is 1.18. The van der Waals surface area contributed by atoms with Gasteiger partial charge in [0.25, 0.3) is 11.8 Å². The summed E-state index contributed by atoms with van der Waals surface area (Å²) < 4.78 is 48.2. The van der Waals surface area contributed by atoms with E-state index in [0.717, 1.165) is 40.9 Å². The Morgan fingerprint density at radius 3 is 2.81 bits per heavy atom. The number of alkyl halides is 3. The summed E-state index contributed by atoms with van der Waals surface area (Å²) in [4.78, 5) is 18.4. The van der Waals surface area contributed by atoms with Gasteiger partial charge in [-0.1, -0.05) is 18.2 Å². The molecular weight excluding hydrogens is 481 g/mol. The Bertz CT molecular complexity index is 1420. The van der Waals surface area contributed by atoms with Crippen LogP contribution in [0.2, 0.25) is 0 Å². The number of aromatic nitrogens is 1. The number of amides is 1. The maximum Gasteiger partial charge on any atom is 0.286 e. The smallest absolute Gasteiger partial charge is 0.286 e. The fraction of sp³-hybridized carbons (Fsp3) is 0.321. The van der Waals surface area contributed by atoms with Crippen LogP contribution in [-0.4, -0.2) is 42.4 Å². The number of nitrogens with one attached hydrogen (secondary N) is 1. The van der Waals surface area contributed by atoms with Crippen LogP contribution >= 0.6 is 0 Å². The Morgan fingerprint density at radius 1 is 1.24 bits per heavy atom. The van der Waals surface area contributed by atoms with Crippen LogP contribution in [0, 0.1) is 18.3 Å². The van der Waals surface area contributed by atoms with Gasteiger partial charge in [-0.2, -0.15) is 14.0 Å². The average Bonchev–Trinajstić information content (AvgIpc) is 2.89. The Balaban J connectivity index is 1.45. The molecule has 0 radical (unpaired) electrons. The molecule has 9 heteroatoms. The van der Waals surface area contributed by atoms with Crippen molar-refractivity contribution in [2.75, 3.05) is 30.0 Å². The van der Waals surface area contributed by atoms with Crippen molar-refractivity contribution >= 4 is 17.3 Å². The predicted molar refractivity (Wildman–Crippen MR) is 133 cm³/mol. The van der Waals surface area contributed by atoms with Gasteiger partial charge in [-0.25, -0.2) is 4.39 Å². The number of benzene rings is 2. The minimum absolute atomic E-state index is 0.0105. The van der Waals surface area contributed by atoms with Gasteiger partial charge in [-0.05, 0) is 59.5 Å². The Labute approximate surface area is 212 Å². The number of aryl methyl sites for hydroxylation is 1. The lowest BCUT2D eigenvalue weighted by atomic mass is 9.82. The molecule has 2 aliphatic heterocycles. The van der Waals surface area contributed by atoms with Gasteiger partial charge in [-0.15, -0.1) is 0 Å². The molecule has 3 heterocycles. The summed E-state index contributed by atoms with van der Waals surface area (Å²) >= 11 is 0. The van der Waals surface area contributed by atoms with Crippen LogP contribution in [-0.2, 0) is 17.1 Å². The summed E-state index contributed by atoms with van der Waals surface area (Å²) in [5.74, 6) is -3.69. The second kappa shape index (κ2) is 9.20. The number of hydrogen-bond donors (Lipinski definition) is 1.